The van der Waals surface area contributed by atoms with Gasteiger partial charge >= 0.3 is 0 Å². The molecule has 2 aliphatic rings. The lowest BCUT2D eigenvalue weighted by atomic mass is 9.89. The second kappa shape index (κ2) is 10.9. The van der Waals surface area contributed by atoms with Crippen LogP contribution in [-0.2, 0) is 0 Å². The molecule has 33 heavy (non-hydrogen) atoms. The van der Waals surface area contributed by atoms with Crippen LogP contribution in [0.3, 0.4) is 0 Å². The van der Waals surface area contributed by atoms with Gasteiger partial charge in [0, 0.05) is 25.2 Å². The van der Waals surface area contributed by atoms with Gasteiger partial charge in [-0.1, -0.05) is 26.2 Å². The number of pyridine rings is 1. The molecule has 180 valence electrons. The van der Waals surface area contributed by atoms with Crippen LogP contribution < -0.4 is 20.7 Å². The van der Waals surface area contributed by atoms with E-state index in [-0.39, 0.29) is 11.8 Å². The smallest absolute Gasteiger partial charge is 0.250 e. The molecule has 3 heterocycles. The largest absolute Gasteiger partial charge is 0.479 e. The lowest BCUT2D eigenvalue weighted by Gasteiger charge is -2.30. The van der Waals surface area contributed by atoms with Crippen molar-refractivity contribution in [1.29, 1.82) is 0 Å². The van der Waals surface area contributed by atoms with Crippen molar-refractivity contribution >= 4 is 23.5 Å². The molecule has 1 atom stereocenters. The molecule has 1 aliphatic carbocycles. The van der Waals surface area contributed by atoms with Crippen molar-refractivity contribution in [3.8, 4) is 5.88 Å². The molecule has 0 radical (unpaired) electrons. The van der Waals surface area contributed by atoms with E-state index in [0.29, 0.717) is 36.1 Å². The molecule has 0 aromatic carbocycles. The predicted octanol–water partition coefficient (Wildman–Crippen LogP) is 3.61. The van der Waals surface area contributed by atoms with Crippen molar-refractivity contribution in [2.24, 2.45) is 5.92 Å². The minimum absolute atomic E-state index is 0.0419. The molecule has 9 nitrogen and oxygen atoms in total. The van der Waals surface area contributed by atoms with E-state index >= 15 is 0 Å². The van der Waals surface area contributed by atoms with Crippen molar-refractivity contribution in [3.05, 3.63) is 18.1 Å². The normalized spacial score (nSPS) is 19.5. The van der Waals surface area contributed by atoms with Gasteiger partial charge in [0.25, 0.3) is 0 Å². The van der Waals surface area contributed by atoms with Gasteiger partial charge in [0.05, 0.1) is 19.0 Å². The number of aromatic nitrogens is 4. The SMILES string of the molecule is CCN1CCCC1CN(c1cnc(OC)c(F)c1)c1nc(N)nc(NCC2CCCCC2)n1. The highest BCUT2D eigenvalue weighted by Gasteiger charge is 2.28. The first-order valence-corrected chi connectivity index (χ1v) is 12.0. The van der Waals surface area contributed by atoms with Crippen LogP contribution in [0.25, 0.3) is 0 Å². The number of anilines is 4. The average molecular weight is 459 g/mol. The average Bonchev–Trinajstić information content (AvgIpc) is 3.29. The van der Waals surface area contributed by atoms with Crippen LogP contribution in [0.1, 0.15) is 51.9 Å². The summed E-state index contributed by atoms with van der Waals surface area (Å²) in [5.41, 5.74) is 6.63. The van der Waals surface area contributed by atoms with Crippen molar-refractivity contribution in [3.63, 3.8) is 0 Å². The fraction of sp³-hybridized carbons (Fsp3) is 0.652. The second-order valence-corrected chi connectivity index (χ2v) is 8.92. The molecule has 1 saturated carbocycles. The zero-order chi connectivity index (χ0) is 23.2. The number of ether oxygens (including phenoxy) is 1. The number of likely N-dealkylation sites (N-methyl/N-ethyl adjacent to an activating group) is 1. The van der Waals surface area contributed by atoms with Gasteiger partial charge in [0.15, 0.2) is 5.82 Å². The number of hydrogen-bond donors (Lipinski definition) is 2. The highest BCUT2D eigenvalue weighted by Crippen LogP contribution is 2.29. The summed E-state index contributed by atoms with van der Waals surface area (Å²) in [5.74, 6) is 1.03. The molecule has 0 amide bonds. The van der Waals surface area contributed by atoms with Gasteiger partial charge in [-0.3, -0.25) is 4.90 Å². The van der Waals surface area contributed by atoms with E-state index in [0.717, 1.165) is 32.5 Å². The first-order chi connectivity index (χ1) is 16.1. The topological polar surface area (TPSA) is 105 Å². The van der Waals surface area contributed by atoms with Gasteiger partial charge in [-0.15, -0.1) is 0 Å². The van der Waals surface area contributed by atoms with Crippen molar-refractivity contribution < 1.29 is 9.13 Å². The fourth-order valence-corrected chi connectivity index (χ4v) is 4.95. The van der Waals surface area contributed by atoms with Crippen LogP contribution in [0.5, 0.6) is 5.88 Å². The van der Waals surface area contributed by atoms with Crippen LogP contribution in [0.2, 0.25) is 0 Å². The number of rotatable bonds is 9. The third-order valence-electron chi connectivity index (χ3n) is 6.75. The van der Waals surface area contributed by atoms with Crippen molar-refractivity contribution in [1.82, 2.24) is 24.8 Å². The molecule has 2 fully saturated rings. The number of nitrogens with zero attached hydrogens (tertiary/aromatic N) is 6. The molecule has 4 rings (SSSR count). The lowest BCUT2D eigenvalue weighted by Crippen LogP contribution is -2.39. The number of hydrogen-bond acceptors (Lipinski definition) is 9. The molecule has 2 aromatic rings. The molecule has 2 aromatic heterocycles. The first kappa shape index (κ1) is 23.4. The van der Waals surface area contributed by atoms with Crippen LogP contribution >= 0.6 is 0 Å². The Kier molecular flexibility index (Phi) is 7.74. The second-order valence-electron chi connectivity index (χ2n) is 8.92. The Balaban J connectivity index is 1.61. The van der Waals surface area contributed by atoms with E-state index < -0.39 is 5.82 Å². The van der Waals surface area contributed by atoms with Crippen LogP contribution in [0.4, 0.5) is 27.9 Å². The molecular weight excluding hydrogens is 423 g/mol. The minimum atomic E-state index is -0.531. The standard InChI is InChI=1S/C23H35FN8O/c1-3-31-11-7-10-17(31)15-32(18-12-19(24)20(33-2)26-14-18)23-29-21(25)28-22(30-23)27-13-16-8-5-4-6-9-16/h12,14,16-17H,3-11,13,15H2,1-2H3,(H3,25,27,28,29,30). The molecule has 1 unspecified atom stereocenters. The Bertz CT molecular complexity index is 923. The Labute approximate surface area is 195 Å². The van der Waals surface area contributed by atoms with Gasteiger partial charge < -0.3 is 20.7 Å². The Hall–Kier alpha value is -2.75. The monoisotopic (exact) mass is 458 g/mol. The summed E-state index contributed by atoms with van der Waals surface area (Å²) in [6.45, 7) is 5.59. The van der Waals surface area contributed by atoms with E-state index in [2.05, 4.69) is 37.1 Å². The van der Waals surface area contributed by atoms with E-state index in [1.165, 1.54) is 45.3 Å². The summed E-state index contributed by atoms with van der Waals surface area (Å²) in [4.78, 5) is 21.8. The summed E-state index contributed by atoms with van der Waals surface area (Å²) in [7, 11) is 1.40. The quantitative estimate of drug-likeness (QED) is 0.583. The predicted molar refractivity (Wildman–Crippen MR) is 127 cm³/mol. The van der Waals surface area contributed by atoms with E-state index in [4.69, 9.17) is 10.5 Å². The highest BCUT2D eigenvalue weighted by atomic mass is 19.1. The van der Waals surface area contributed by atoms with Crippen molar-refractivity contribution in [2.45, 2.75) is 57.9 Å². The molecule has 10 heteroatoms. The number of nitrogen functional groups attached to an aromatic ring is 1. The third-order valence-corrected chi connectivity index (χ3v) is 6.75. The zero-order valence-electron chi connectivity index (χ0n) is 19.6. The highest BCUT2D eigenvalue weighted by molar-refractivity contribution is 5.59. The maximum atomic E-state index is 14.6. The summed E-state index contributed by atoms with van der Waals surface area (Å²) >= 11 is 0. The van der Waals surface area contributed by atoms with Gasteiger partial charge in [0.1, 0.15) is 0 Å². The maximum absolute atomic E-state index is 14.6. The van der Waals surface area contributed by atoms with Crippen LogP contribution in [0.15, 0.2) is 12.3 Å². The Morgan fingerprint density at radius 2 is 2.00 bits per heavy atom. The number of nitrogens with one attached hydrogen (secondary N) is 1. The van der Waals surface area contributed by atoms with E-state index in [1.54, 1.807) is 6.20 Å². The molecule has 0 bridgehead atoms. The molecular formula is C23H35FN8O. The lowest BCUT2D eigenvalue weighted by molar-refractivity contribution is 0.271. The zero-order valence-corrected chi connectivity index (χ0v) is 19.6. The number of nitrogens with two attached hydrogens (primary N) is 1. The number of likely N-dealkylation sites (tertiary alicyclic amines) is 1. The maximum Gasteiger partial charge on any atom is 0.250 e. The minimum Gasteiger partial charge on any atom is -0.479 e. The number of halogens is 1. The third kappa shape index (κ3) is 5.79. The summed E-state index contributed by atoms with van der Waals surface area (Å²) in [6.07, 6.45) is 10.1. The van der Waals surface area contributed by atoms with Gasteiger partial charge in [0.2, 0.25) is 23.7 Å². The van der Waals surface area contributed by atoms with E-state index in [9.17, 15) is 4.39 Å². The number of methoxy groups -OCH3 is 1. The Morgan fingerprint density at radius 3 is 2.73 bits per heavy atom. The molecule has 1 aliphatic heterocycles. The summed E-state index contributed by atoms with van der Waals surface area (Å²) in [5, 5.41) is 3.36. The summed E-state index contributed by atoms with van der Waals surface area (Å²) in [6, 6.07) is 1.71. The van der Waals surface area contributed by atoms with Crippen molar-refractivity contribution in [2.75, 3.05) is 49.2 Å². The van der Waals surface area contributed by atoms with Gasteiger partial charge in [-0.2, -0.15) is 15.0 Å². The molecule has 1 saturated heterocycles. The summed E-state index contributed by atoms with van der Waals surface area (Å²) < 4.78 is 19.6. The van der Waals surface area contributed by atoms with Gasteiger partial charge in [-0.05, 0) is 44.7 Å². The first-order valence-electron chi connectivity index (χ1n) is 12.0. The van der Waals surface area contributed by atoms with Crippen LogP contribution in [0, 0.1) is 11.7 Å². The van der Waals surface area contributed by atoms with Crippen LogP contribution in [-0.4, -0.2) is 64.2 Å². The Morgan fingerprint density at radius 1 is 1.18 bits per heavy atom. The molecule has 0 spiro atoms. The van der Waals surface area contributed by atoms with E-state index in [1.807, 2.05) is 4.90 Å². The van der Waals surface area contributed by atoms with Gasteiger partial charge in [-0.25, -0.2) is 9.37 Å². The molecule has 3 N–H and O–H groups in total. The fourth-order valence-electron chi connectivity index (χ4n) is 4.95.